The summed E-state index contributed by atoms with van der Waals surface area (Å²) in [4.78, 5) is 15.2. The zero-order valence-corrected chi connectivity index (χ0v) is 10.9. The first-order valence-corrected chi connectivity index (χ1v) is 5.90. The summed E-state index contributed by atoms with van der Waals surface area (Å²) in [6.07, 6.45) is 2.87. The maximum Gasteiger partial charge on any atom is 0.288 e. The second-order valence-electron chi connectivity index (χ2n) is 3.39. The molecule has 1 aromatic heterocycles. The zero-order chi connectivity index (χ0) is 12.4. The van der Waals surface area contributed by atoms with Crippen LogP contribution in [0.25, 0.3) is 0 Å². The molecule has 0 saturated heterocycles. The van der Waals surface area contributed by atoms with Crippen molar-refractivity contribution in [2.75, 3.05) is 0 Å². The standard InChI is InChI=1S/C11H7BrClFN2O/c12-8-2-1-7(9(14)5-8)6-16-4-3-15-10(13)11(16)17/h1-5H,6H2. The molecule has 0 spiro atoms. The lowest BCUT2D eigenvalue weighted by atomic mass is 10.2. The Balaban J connectivity index is 2.38. The maximum absolute atomic E-state index is 13.6. The highest BCUT2D eigenvalue weighted by atomic mass is 79.9. The van der Waals surface area contributed by atoms with Crippen molar-refractivity contribution in [3.05, 3.63) is 62.0 Å². The van der Waals surface area contributed by atoms with Gasteiger partial charge in [0.05, 0.1) is 6.54 Å². The highest BCUT2D eigenvalue weighted by molar-refractivity contribution is 9.10. The Morgan fingerprint density at radius 2 is 2.24 bits per heavy atom. The van der Waals surface area contributed by atoms with E-state index in [0.717, 1.165) is 0 Å². The molecule has 0 aliphatic carbocycles. The Kier molecular flexibility index (Phi) is 3.59. The number of rotatable bonds is 2. The number of hydrogen-bond donors (Lipinski definition) is 0. The van der Waals surface area contributed by atoms with E-state index in [9.17, 15) is 9.18 Å². The van der Waals surface area contributed by atoms with Gasteiger partial charge < -0.3 is 4.57 Å². The van der Waals surface area contributed by atoms with E-state index in [1.165, 1.54) is 23.0 Å². The highest BCUT2D eigenvalue weighted by Crippen LogP contribution is 2.15. The molecule has 88 valence electrons. The maximum atomic E-state index is 13.6. The summed E-state index contributed by atoms with van der Waals surface area (Å²) in [6, 6.07) is 4.68. The Hall–Kier alpha value is -1.20. The first kappa shape index (κ1) is 12.3. The third kappa shape index (κ3) is 2.73. The lowest BCUT2D eigenvalue weighted by Crippen LogP contribution is -2.21. The fourth-order valence-corrected chi connectivity index (χ4v) is 1.88. The molecule has 0 saturated carbocycles. The molecule has 2 aromatic rings. The van der Waals surface area contributed by atoms with Gasteiger partial charge in [-0.15, -0.1) is 0 Å². The minimum absolute atomic E-state index is 0.120. The van der Waals surface area contributed by atoms with Crippen molar-refractivity contribution in [2.45, 2.75) is 6.54 Å². The van der Waals surface area contributed by atoms with Crippen LogP contribution in [0.1, 0.15) is 5.56 Å². The molecule has 0 radical (unpaired) electrons. The molecule has 0 atom stereocenters. The summed E-state index contributed by atoms with van der Waals surface area (Å²) in [7, 11) is 0. The van der Waals surface area contributed by atoms with Crippen LogP contribution in [0.4, 0.5) is 4.39 Å². The molecule has 0 unspecified atom stereocenters. The minimum Gasteiger partial charge on any atom is -0.307 e. The van der Waals surface area contributed by atoms with E-state index in [1.807, 2.05) is 0 Å². The van der Waals surface area contributed by atoms with E-state index >= 15 is 0 Å². The van der Waals surface area contributed by atoms with Gasteiger partial charge in [0.15, 0.2) is 5.15 Å². The van der Waals surface area contributed by atoms with Crippen molar-refractivity contribution in [1.29, 1.82) is 0 Å². The monoisotopic (exact) mass is 316 g/mol. The summed E-state index contributed by atoms with van der Waals surface area (Å²) in [5.74, 6) is -0.376. The van der Waals surface area contributed by atoms with Gasteiger partial charge in [-0.2, -0.15) is 0 Å². The average Bonchev–Trinajstić information content (AvgIpc) is 2.28. The number of aromatic nitrogens is 2. The third-order valence-electron chi connectivity index (χ3n) is 2.23. The first-order chi connectivity index (χ1) is 8.08. The smallest absolute Gasteiger partial charge is 0.288 e. The van der Waals surface area contributed by atoms with Crippen LogP contribution in [0.2, 0.25) is 5.15 Å². The molecule has 0 bridgehead atoms. The van der Waals surface area contributed by atoms with Crippen molar-refractivity contribution >= 4 is 27.5 Å². The Morgan fingerprint density at radius 3 is 2.94 bits per heavy atom. The largest absolute Gasteiger partial charge is 0.307 e. The van der Waals surface area contributed by atoms with Crippen LogP contribution in [0.15, 0.2) is 39.9 Å². The van der Waals surface area contributed by atoms with E-state index in [-0.39, 0.29) is 17.5 Å². The van der Waals surface area contributed by atoms with Gasteiger partial charge in [0.2, 0.25) is 0 Å². The Morgan fingerprint density at radius 1 is 1.47 bits per heavy atom. The summed E-state index contributed by atoms with van der Waals surface area (Å²) in [5, 5.41) is -0.120. The van der Waals surface area contributed by atoms with E-state index in [1.54, 1.807) is 12.1 Å². The molecule has 0 fully saturated rings. The molecule has 1 heterocycles. The van der Waals surface area contributed by atoms with Crippen LogP contribution >= 0.6 is 27.5 Å². The summed E-state index contributed by atoms with van der Waals surface area (Å²) in [6.45, 7) is 0.125. The van der Waals surface area contributed by atoms with Crippen LogP contribution in [0.3, 0.4) is 0 Å². The molecule has 6 heteroatoms. The number of halogens is 3. The van der Waals surface area contributed by atoms with E-state index in [0.29, 0.717) is 10.0 Å². The van der Waals surface area contributed by atoms with E-state index < -0.39 is 5.56 Å². The molecule has 0 aliphatic rings. The summed E-state index contributed by atoms with van der Waals surface area (Å²) in [5.41, 5.74) is -0.0194. The fraction of sp³-hybridized carbons (Fsp3) is 0.0909. The molecular weight excluding hydrogens is 310 g/mol. The lowest BCUT2D eigenvalue weighted by Gasteiger charge is -2.06. The first-order valence-electron chi connectivity index (χ1n) is 4.73. The predicted molar refractivity (Wildman–Crippen MR) is 66.7 cm³/mol. The van der Waals surface area contributed by atoms with Gasteiger partial charge in [-0.05, 0) is 12.1 Å². The normalized spacial score (nSPS) is 10.5. The Labute approximate surface area is 110 Å². The summed E-state index contributed by atoms with van der Waals surface area (Å²) < 4.78 is 15.5. The van der Waals surface area contributed by atoms with Gasteiger partial charge >= 0.3 is 0 Å². The fourth-order valence-electron chi connectivity index (χ4n) is 1.38. The molecule has 3 nitrogen and oxygen atoms in total. The number of benzene rings is 1. The molecule has 0 amide bonds. The molecule has 1 aromatic carbocycles. The van der Waals surface area contributed by atoms with E-state index in [4.69, 9.17) is 11.6 Å². The van der Waals surface area contributed by atoms with Crippen LogP contribution < -0.4 is 5.56 Å². The minimum atomic E-state index is -0.434. The Bertz CT molecular complexity index is 615. The van der Waals surface area contributed by atoms with Crippen LogP contribution in [-0.4, -0.2) is 9.55 Å². The predicted octanol–water partition coefficient (Wildman–Crippen LogP) is 2.85. The van der Waals surface area contributed by atoms with Gasteiger partial charge in [0.25, 0.3) is 5.56 Å². The molecular formula is C11H7BrClFN2O. The second kappa shape index (κ2) is 4.98. The molecule has 2 rings (SSSR count). The van der Waals surface area contributed by atoms with Crippen LogP contribution in [-0.2, 0) is 6.54 Å². The van der Waals surface area contributed by atoms with Crippen molar-refractivity contribution < 1.29 is 4.39 Å². The third-order valence-corrected chi connectivity index (χ3v) is 2.98. The molecule has 0 aliphatic heterocycles. The van der Waals surface area contributed by atoms with Crippen molar-refractivity contribution in [1.82, 2.24) is 9.55 Å². The van der Waals surface area contributed by atoms with Gasteiger partial charge in [0, 0.05) is 22.4 Å². The molecule has 17 heavy (non-hydrogen) atoms. The second-order valence-corrected chi connectivity index (χ2v) is 4.66. The topological polar surface area (TPSA) is 34.9 Å². The van der Waals surface area contributed by atoms with Crippen LogP contribution in [0.5, 0.6) is 0 Å². The summed E-state index contributed by atoms with van der Waals surface area (Å²) >= 11 is 8.77. The van der Waals surface area contributed by atoms with Gasteiger partial charge in [-0.1, -0.05) is 33.6 Å². The van der Waals surface area contributed by atoms with Crippen molar-refractivity contribution in [2.24, 2.45) is 0 Å². The van der Waals surface area contributed by atoms with Gasteiger partial charge in [-0.3, -0.25) is 4.79 Å². The van der Waals surface area contributed by atoms with Crippen molar-refractivity contribution in [3.63, 3.8) is 0 Å². The average molecular weight is 318 g/mol. The highest BCUT2D eigenvalue weighted by Gasteiger charge is 2.06. The van der Waals surface area contributed by atoms with Crippen LogP contribution in [0, 0.1) is 5.82 Å². The van der Waals surface area contributed by atoms with Crippen molar-refractivity contribution in [3.8, 4) is 0 Å². The number of nitrogens with zero attached hydrogens (tertiary/aromatic N) is 2. The van der Waals surface area contributed by atoms with E-state index in [2.05, 4.69) is 20.9 Å². The zero-order valence-electron chi connectivity index (χ0n) is 8.53. The lowest BCUT2D eigenvalue weighted by molar-refractivity contribution is 0.594. The SMILES string of the molecule is O=c1c(Cl)nccn1Cc1ccc(Br)cc1F. The number of hydrogen-bond acceptors (Lipinski definition) is 2. The molecule has 0 N–H and O–H groups in total. The van der Waals surface area contributed by atoms with Gasteiger partial charge in [-0.25, -0.2) is 9.37 Å². The van der Waals surface area contributed by atoms with Gasteiger partial charge in [0.1, 0.15) is 5.82 Å². The quantitative estimate of drug-likeness (QED) is 0.853.